The summed E-state index contributed by atoms with van der Waals surface area (Å²) in [6.45, 7) is 24.7. The van der Waals surface area contributed by atoms with Crippen molar-refractivity contribution in [2.75, 3.05) is 9.80 Å². The molecule has 9 aromatic carbocycles. The van der Waals surface area contributed by atoms with Crippen molar-refractivity contribution in [3.8, 4) is 61.8 Å². The van der Waals surface area contributed by atoms with Gasteiger partial charge >= 0.3 is 0 Å². The fourth-order valence-electron chi connectivity index (χ4n) is 11.7. The second-order valence-electron chi connectivity index (χ2n) is 26.0. The van der Waals surface area contributed by atoms with Crippen LogP contribution in [0.25, 0.3) is 72.1 Å². The average Bonchev–Trinajstić information content (AvgIpc) is 1.02. The Hall–Kier alpha value is -7.98. The maximum Gasteiger partial charge on any atom is 0.135 e. The van der Waals surface area contributed by atoms with Gasteiger partial charge in [-0.3, -0.25) is 0 Å². The van der Waals surface area contributed by atoms with Crippen LogP contribution in [0.3, 0.4) is 0 Å². The van der Waals surface area contributed by atoms with Gasteiger partial charge in [-0.2, -0.15) is 12.1 Å². The Balaban J connectivity index is 0.00000982. The third kappa shape index (κ3) is 10.8. The number of fused-ring (bicyclic) bond motifs is 5. The molecule has 0 unspecified atom stereocenters. The Bertz CT molecular complexity index is 5280. The second kappa shape index (κ2) is 22.4. The molecule has 0 fully saturated rings. The first kappa shape index (κ1) is 42.0. The molecule has 0 bridgehead atoms. The number of hydrogen-bond donors (Lipinski definition) is 0. The molecule has 0 saturated carbocycles. The van der Waals surface area contributed by atoms with Crippen LogP contribution in [-0.4, -0.2) is 9.55 Å². The number of para-hydroxylation sites is 4. The Labute approximate surface area is 547 Å². The SMILES string of the molecule is [2H]c1c([2H])c(-c2c([2H])c([2H])c(C(C)(C)C)c([2H])c2C(C)(C)C)c([2H])c([2H])c1-c1cccc(-c2c([2H])c([2H])c3c(c2[2H])C(C)(C)CCC3(C)C)c1N1[CH-]N(c2[c-]c(Oc3[c-]c4c(cc3)c3c([2H])c([2H])c([2H])c([2H])c3n4-c3cc(C([2H])([2H])C(C)C)c(-c4ccccc4)cn3)ccc2)c2ccccc21.[Pt]. The summed E-state index contributed by atoms with van der Waals surface area (Å²) in [4.78, 5) is 8.58. The predicted molar refractivity (Wildman–Crippen MR) is 357 cm³/mol. The summed E-state index contributed by atoms with van der Waals surface area (Å²) >= 11 is 0. The molecule has 86 heavy (non-hydrogen) atoms. The molecular weight excluding hydrogens is 1230 g/mol. The zero-order valence-corrected chi connectivity index (χ0v) is 52.8. The standard InChI is InChI=1S/C80H77N4O.Pt/c1-52(2)44-57-46-75(81-50-67(57)53-22-14-13-15-23-53)84-71-29-17-16-26-65(71)66-40-38-61(49-74(66)84)85-60-25-20-24-59(48-60)82-51-83(73-31-19-18-30-72(73)82)76-63(27-21-28-64(76)56-36-41-68-70(45-56)80(11,12)43-42-79(68,9)10)55-34-32-54(33-35-55)62-39-37-58(77(3,4)5)47-69(62)78(6,7)8;/h13-41,45-47,50-52H,42-44H2,1-12H3;/q-3;/i16D,17D,26D,29D,32D,33D,34D,35D,36D,37D,39D,41D,44D2,45D,47D;. The van der Waals surface area contributed by atoms with Gasteiger partial charge in [0.05, 0.1) is 19.2 Å². The molecule has 1 aliphatic heterocycles. The maximum atomic E-state index is 10.3. The van der Waals surface area contributed by atoms with E-state index in [0.29, 0.717) is 67.8 Å². The monoisotopic (exact) mass is 1320 g/mol. The van der Waals surface area contributed by atoms with Crippen molar-refractivity contribution in [2.24, 2.45) is 5.92 Å². The molecule has 0 radical (unpaired) electrons. The van der Waals surface area contributed by atoms with E-state index in [1.165, 1.54) is 0 Å². The van der Waals surface area contributed by atoms with Crippen molar-refractivity contribution < 1.29 is 47.7 Å². The third-order valence-electron chi connectivity index (χ3n) is 16.3. The smallest absolute Gasteiger partial charge is 0.135 e. The van der Waals surface area contributed by atoms with E-state index in [2.05, 4.69) is 26.0 Å². The molecule has 0 atom stereocenters. The zero-order chi connectivity index (χ0) is 73.1. The van der Waals surface area contributed by atoms with Crippen molar-refractivity contribution in [1.29, 1.82) is 0 Å². The van der Waals surface area contributed by atoms with E-state index in [1.54, 1.807) is 79.8 Å². The summed E-state index contributed by atoms with van der Waals surface area (Å²) in [6.07, 6.45) is 1.14. The van der Waals surface area contributed by atoms with Crippen LogP contribution >= 0.6 is 0 Å². The van der Waals surface area contributed by atoms with Gasteiger partial charge in [-0.05, 0) is 132 Å². The molecule has 0 N–H and O–H groups in total. The van der Waals surface area contributed by atoms with Crippen LogP contribution in [0, 0.1) is 24.7 Å². The fraction of sp³-hybridized carbons (Fsp3) is 0.250. The van der Waals surface area contributed by atoms with E-state index < -0.39 is 70.2 Å². The van der Waals surface area contributed by atoms with E-state index in [4.69, 9.17) is 12.5 Å². The van der Waals surface area contributed by atoms with Gasteiger partial charge in [-0.25, -0.2) is 4.98 Å². The summed E-state index contributed by atoms with van der Waals surface area (Å²) in [6, 6.07) is 34.8. The number of nitrogens with zero attached hydrogens (tertiary/aromatic N) is 4. The molecular formula is C80H77N4OPt-3. The van der Waals surface area contributed by atoms with Crippen LogP contribution in [0.4, 0.5) is 22.7 Å². The molecule has 6 heteroatoms. The number of anilines is 4. The minimum Gasteiger partial charge on any atom is -0.509 e. The first-order valence-electron chi connectivity index (χ1n) is 37.1. The van der Waals surface area contributed by atoms with Gasteiger partial charge < -0.3 is 19.1 Å². The summed E-state index contributed by atoms with van der Waals surface area (Å²) in [5.74, 6) is 0.0818. The molecule has 0 saturated heterocycles. The van der Waals surface area contributed by atoms with Crippen LogP contribution in [0.5, 0.6) is 11.5 Å². The first-order valence-corrected chi connectivity index (χ1v) is 29.1. The summed E-state index contributed by atoms with van der Waals surface area (Å²) < 4.78 is 162. The average molecular weight is 1320 g/mol. The molecule has 11 aromatic rings. The van der Waals surface area contributed by atoms with Gasteiger partial charge in [0.25, 0.3) is 0 Å². The third-order valence-corrected chi connectivity index (χ3v) is 16.3. The van der Waals surface area contributed by atoms with E-state index in [0.717, 1.165) is 12.0 Å². The second-order valence-corrected chi connectivity index (χ2v) is 26.0. The molecule has 2 aromatic heterocycles. The van der Waals surface area contributed by atoms with Crippen molar-refractivity contribution >= 4 is 44.6 Å². The van der Waals surface area contributed by atoms with Crippen molar-refractivity contribution in [2.45, 2.75) is 124 Å². The quantitative estimate of drug-likeness (QED) is 0.121. The minimum atomic E-state index is -1.88. The van der Waals surface area contributed by atoms with Crippen LogP contribution in [0.2, 0.25) is 0 Å². The number of benzene rings is 9. The molecule has 5 nitrogen and oxygen atoms in total. The first-order chi connectivity index (χ1) is 47.3. The molecule has 3 heterocycles. The Morgan fingerprint density at radius 1 is 0.605 bits per heavy atom. The fourth-order valence-corrected chi connectivity index (χ4v) is 11.7. The van der Waals surface area contributed by atoms with Gasteiger partial charge in [0, 0.05) is 80.8 Å². The van der Waals surface area contributed by atoms with E-state index in [-0.39, 0.29) is 137 Å². The number of ether oxygens (including phenoxy) is 1. The van der Waals surface area contributed by atoms with Gasteiger partial charge in [0.15, 0.2) is 0 Å². The molecule has 0 spiro atoms. The molecule has 2 aliphatic rings. The Kier molecular flexibility index (Phi) is 10.9. The van der Waals surface area contributed by atoms with Gasteiger partial charge in [-0.1, -0.05) is 228 Å². The van der Waals surface area contributed by atoms with E-state index in [9.17, 15) is 19.2 Å². The van der Waals surface area contributed by atoms with E-state index >= 15 is 0 Å². The van der Waals surface area contributed by atoms with Crippen molar-refractivity contribution in [3.63, 3.8) is 0 Å². The van der Waals surface area contributed by atoms with Crippen LogP contribution in [-0.2, 0) is 49.1 Å². The zero-order valence-electron chi connectivity index (χ0n) is 66.6. The van der Waals surface area contributed by atoms with Crippen LogP contribution < -0.4 is 14.5 Å². The topological polar surface area (TPSA) is 33.5 Å². The summed E-state index contributed by atoms with van der Waals surface area (Å²) in [7, 11) is 0. The largest absolute Gasteiger partial charge is 0.509 e. The number of rotatable bonds is 11. The van der Waals surface area contributed by atoms with Gasteiger partial charge in [0.2, 0.25) is 0 Å². The molecule has 0 amide bonds. The van der Waals surface area contributed by atoms with Crippen molar-refractivity contribution in [3.05, 3.63) is 247 Å². The van der Waals surface area contributed by atoms with Crippen LogP contribution in [0.15, 0.2) is 200 Å². The molecule has 436 valence electrons. The molecule has 1 aliphatic carbocycles. The van der Waals surface area contributed by atoms with Gasteiger partial charge in [0.1, 0.15) is 5.82 Å². The minimum absolute atomic E-state index is 0. The Morgan fingerprint density at radius 2 is 1.24 bits per heavy atom. The predicted octanol–water partition coefficient (Wildman–Crippen LogP) is 21.8. The van der Waals surface area contributed by atoms with Gasteiger partial charge in [-0.15, -0.1) is 48.1 Å². The number of hydrogen-bond acceptors (Lipinski definition) is 4. The van der Waals surface area contributed by atoms with Crippen LogP contribution in [0.1, 0.15) is 146 Å². The van der Waals surface area contributed by atoms with E-state index in [1.807, 2.05) is 126 Å². The number of pyridine rings is 1. The normalized spacial score (nSPS) is 17.4. The Morgan fingerprint density at radius 3 is 1.95 bits per heavy atom. The molecule has 13 rings (SSSR count). The maximum absolute atomic E-state index is 10.3. The summed E-state index contributed by atoms with van der Waals surface area (Å²) in [5, 5.41) is 0.623. The number of aromatic nitrogens is 2. The summed E-state index contributed by atoms with van der Waals surface area (Å²) in [5.41, 5.74) is 3.36. The van der Waals surface area contributed by atoms with Crippen molar-refractivity contribution in [1.82, 2.24) is 9.55 Å².